The number of aliphatic imine (C=N–C) groups is 1. The first-order valence-electron chi connectivity index (χ1n) is 7.17. The molecule has 1 aromatic carbocycles. The van der Waals surface area contributed by atoms with Crippen molar-refractivity contribution in [1.82, 2.24) is 10.3 Å². The summed E-state index contributed by atoms with van der Waals surface area (Å²) in [7, 11) is 0. The molecule has 0 saturated carbocycles. The van der Waals surface area contributed by atoms with Crippen molar-refractivity contribution in [2.24, 2.45) is 4.99 Å². The quantitative estimate of drug-likeness (QED) is 0.862. The zero-order valence-corrected chi connectivity index (χ0v) is 13.4. The molecule has 1 N–H and O–H groups in total. The highest BCUT2D eigenvalue weighted by atomic mass is 32.1. The fraction of sp³-hybridized carbons (Fsp3) is 0.188. The number of ether oxygens (including phenoxy) is 1. The van der Waals surface area contributed by atoms with Gasteiger partial charge in [0, 0.05) is 23.3 Å². The van der Waals surface area contributed by atoms with Gasteiger partial charge < -0.3 is 10.1 Å². The van der Waals surface area contributed by atoms with Crippen LogP contribution >= 0.6 is 11.3 Å². The van der Waals surface area contributed by atoms with Gasteiger partial charge in [0.25, 0.3) is 0 Å². The van der Waals surface area contributed by atoms with Crippen LogP contribution in [0.3, 0.4) is 0 Å². The molecule has 0 aliphatic carbocycles. The van der Waals surface area contributed by atoms with E-state index in [-0.39, 0.29) is 17.7 Å². The second-order valence-electron chi connectivity index (χ2n) is 4.83. The molecule has 0 unspecified atom stereocenters. The summed E-state index contributed by atoms with van der Waals surface area (Å²) in [6, 6.07) is 2.76. The number of benzene rings is 1. The van der Waals surface area contributed by atoms with Crippen LogP contribution in [0.2, 0.25) is 0 Å². The molecule has 2 heterocycles. The first-order chi connectivity index (χ1) is 11.6. The first-order valence-corrected chi connectivity index (χ1v) is 8.05. The molecule has 0 fully saturated rings. The molecule has 5 nitrogen and oxygen atoms in total. The highest BCUT2D eigenvalue weighted by molar-refractivity contribution is 7.11. The van der Waals surface area contributed by atoms with E-state index >= 15 is 0 Å². The van der Waals surface area contributed by atoms with Gasteiger partial charge in [-0.15, -0.1) is 11.3 Å². The van der Waals surface area contributed by atoms with Crippen LogP contribution in [0, 0.1) is 11.6 Å². The predicted octanol–water partition coefficient (Wildman–Crippen LogP) is 2.96. The number of aromatic nitrogens is 1. The van der Waals surface area contributed by atoms with Crippen LogP contribution in [-0.4, -0.2) is 23.4 Å². The fourth-order valence-electron chi connectivity index (χ4n) is 2.27. The van der Waals surface area contributed by atoms with E-state index in [4.69, 9.17) is 4.74 Å². The number of carbonyl (C=O) groups is 1. The van der Waals surface area contributed by atoms with E-state index in [2.05, 4.69) is 15.3 Å². The van der Waals surface area contributed by atoms with Gasteiger partial charge in [0.05, 0.1) is 12.2 Å². The van der Waals surface area contributed by atoms with Gasteiger partial charge in [-0.3, -0.25) is 4.99 Å². The van der Waals surface area contributed by atoms with Gasteiger partial charge in [-0.25, -0.2) is 18.6 Å². The van der Waals surface area contributed by atoms with E-state index in [1.54, 1.807) is 18.5 Å². The van der Waals surface area contributed by atoms with E-state index in [0.29, 0.717) is 10.8 Å². The smallest absolute Gasteiger partial charge is 0.338 e. The molecule has 24 heavy (non-hydrogen) atoms. The van der Waals surface area contributed by atoms with Gasteiger partial charge in [0.15, 0.2) is 22.5 Å². The SMILES string of the molecule is CCOC(=O)C1=CNC(c2nccs2)=N[C@H]1c1cccc(F)c1F. The molecule has 1 aliphatic rings. The standard InChI is InChI=1S/C16H13F2N3O2S/c1-2-23-16(22)10-8-20-14(15-19-6-7-24-15)21-13(10)9-4-3-5-11(17)12(9)18/h3-8,13H,2H2,1H3,(H,20,21)/t13-/m0/s1. The fourth-order valence-corrected chi connectivity index (χ4v) is 2.87. The summed E-state index contributed by atoms with van der Waals surface area (Å²) in [4.78, 5) is 20.6. The number of hydrogen-bond acceptors (Lipinski definition) is 6. The Morgan fingerprint density at radius 3 is 2.96 bits per heavy atom. The molecule has 0 spiro atoms. The Labute approximate surface area is 140 Å². The van der Waals surface area contributed by atoms with Crippen molar-refractivity contribution in [1.29, 1.82) is 0 Å². The summed E-state index contributed by atoms with van der Waals surface area (Å²) in [5, 5.41) is 5.21. The van der Waals surface area contributed by atoms with E-state index < -0.39 is 23.6 Å². The van der Waals surface area contributed by atoms with E-state index in [9.17, 15) is 13.6 Å². The highest BCUT2D eigenvalue weighted by Crippen LogP contribution is 2.32. The molecule has 1 atom stereocenters. The number of esters is 1. The van der Waals surface area contributed by atoms with Crippen LogP contribution in [0.5, 0.6) is 0 Å². The van der Waals surface area contributed by atoms with Crippen molar-refractivity contribution < 1.29 is 18.3 Å². The normalized spacial score (nSPS) is 16.9. The summed E-state index contributed by atoms with van der Waals surface area (Å²) in [6.45, 7) is 1.83. The number of halogens is 2. The van der Waals surface area contributed by atoms with Crippen molar-refractivity contribution in [3.05, 3.63) is 63.8 Å². The van der Waals surface area contributed by atoms with Crippen molar-refractivity contribution in [3.8, 4) is 0 Å². The molecule has 3 rings (SSSR count). The number of thiazole rings is 1. The van der Waals surface area contributed by atoms with Crippen LogP contribution in [0.1, 0.15) is 23.5 Å². The van der Waals surface area contributed by atoms with Crippen molar-refractivity contribution in [3.63, 3.8) is 0 Å². The monoisotopic (exact) mass is 349 g/mol. The van der Waals surface area contributed by atoms with E-state index in [0.717, 1.165) is 6.07 Å². The summed E-state index contributed by atoms with van der Waals surface area (Å²) < 4.78 is 32.8. The zero-order valence-electron chi connectivity index (χ0n) is 12.6. The largest absolute Gasteiger partial charge is 0.463 e. The molecular formula is C16H13F2N3O2S. The van der Waals surface area contributed by atoms with Crippen molar-refractivity contribution in [2.45, 2.75) is 13.0 Å². The summed E-state index contributed by atoms with van der Waals surface area (Å²) >= 11 is 1.34. The number of carbonyl (C=O) groups excluding carboxylic acids is 1. The molecule has 0 saturated heterocycles. The minimum Gasteiger partial charge on any atom is -0.463 e. The van der Waals surface area contributed by atoms with Crippen molar-refractivity contribution >= 4 is 23.1 Å². The molecule has 0 amide bonds. The topological polar surface area (TPSA) is 63.6 Å². The number of nitrogens with one attached hydrogen (secondary N) is 1. The Morgan fingerprint density at radius 2 is 2.25 bits per heavy atom. The molecule has 0 radical (unpaired) electrons. The molecule has 8 heteroatoms. The van der Waals surface area contributed by atoms with Gasteiger partial charge in [0.2, 0.25) is 0 Å². The van der Waals surface area contributed by atoms with Crippen LogP contribution in [-0.2, 0) is 9.53 Å². The lowest BCUT2D eigenvalue weighted by Crippen LogP contribution is -2.29. The predicted molar refractivity (Wildman–Crippen MR) is 85.6 cm³/mol. The third kappa shape index (κ3) is 3.05. The second-order valence-corrected chi connectivity index (χ2v) is 5.72. The number of amidine groups is 1. The molecular weight excluding hydrogens is 336 g/mol. The summed E-state index contributed by atoms with van der Waals surface area (Å²) in [5.41, 5.74) is 0.0616. The zero-order chi connectivity index (χ0) is 17.1. The van der Waals surface area contributed by atoms with Gasteiger partial charge >= 0.3 is 5.97 Å². The van der Waals surface area contributed by atoms with Crippen LogP contribution in [0.4, 0.5) is 8.78 Å². The Balaban J connectivity index is 2.06. The lowest BCUT2D eigenvalue weighted by atomic mass is 9.98. The van der Waals surface area contributed by atoms with Crippen LogP contribution in [0.25, 0.3) is 0 Å². The average Bonchev–Trinajstić information content (AvgIpc) is 3.12. The average molecular weight is 349 g/mol. The maximum Gasteiger partial charge on any atom is 0.338 e. The number of hydrogen-bond donors (Lipinski definition) is 1. The Bertz CT molecular complexity index is 819. The van der Waals surface area contributed by atoms with Gasteiger partial charge in [0.1, 0.15) is 6.04 Å². The number of nitrogens with zero attached hydrogens (tertiary/aromatic N) is 2. The Morgan fingerprint density at radius 1 is 1.42 bits per heavy atom. The number of rotatable bonds is 4. The van der Waals surface area contributed by atoms with Crippen LogP contribution in [0.15, 0.2) is 46.5 Å². The van der Waals surface area contributed by atoms with Gasteiger partial charge in [-0.05, 0) is 13.0 Å². The molecule has 1 aromatic heterocycles. The third-order valence-corrected chi connectivity index (χ3v) is 4.12. The molecule has 0 bridgehead atoms. The molecule has 124 valence electrons. The summed E-state index contributed by atoms with van der Waals surface area (Å²) in [5.74, 6) is -2.30. The maximum absolute atomic E-state index is 14.2. The minimum absolute atomic E-state index is 0.0372. The lowest BCUT2D eigenvalue weighted by molar-refractivity contribution is -0.138. The van der Waals surface area contributed by atoms with Gasteiger partial charge in [-0.2, -0.15) is 0 Å². The van der Waals surface area contributed by atoms with Crippen LogP contribution < -0.4 is 5.32 Å². The first kappa shape index (κ1) is 16.3. The highest BCUT2D eigenvalue weighted by Gasteiger charge is 2.30. The molecule has 2 aromatic rings. The minimum atomic E-state index is -1.04. The van der Waals surface area contributed by atoms with E-state index in [1.165, 1.54) is 29.7 Å². The van der Waals surface area contributed by atoms with E-state index in [1.807, 2.05) is 0 Å². The van der Waals surface area contributed by atoms with Gasteiger partial charge in [-0.1, -0.05) is 12.1 Å². The third-order valence-electron chi connectivity index (χ3n) is 3.34. The Kier molecular flexibility index (Phi) is 4.66. The lowest BCUT2D eigenvalue weighted by Gasteiger charge is -2.22. The molecule has 1 aliphatic heterocycles. The second kappa shape index (κ2) is 6.88. The Hall–Kier alpha value is -2.61. The van der Waals surface area contributed by atoms with Crippen molar-refractivity contribution in [2.75, 3.05) is 6.61 Å². The summed E-state index contributed by atoms with van der Waals surface area (Å²) in [6.07, 6.45) is 3.00. The maximum atomic E-state index is 14.2.